The van der Waals surface area contributed by atoms with Crippen molar-refractivity contribution in [3.8, 4) is 23.0 Å². The number of benzene rings is 2. The van der Waals surface area contributed by atoms with Crippen LogP contribution in [0.3, 0.4) is 0 Å². The minimum atomic E-state index is -4.93. The van der Waals surface area contributed by atoms with Crippen LogP contribution in [0.15, 0.2) is 32.2 Å². The van der Waals surface area contributed by atoms with Crippen LogP contribution in [-0.2, 0) is 9.59 Å². The highest BCUT2D eigenvalue weighted by atomic mass is 79.9. The predicted octanol–water partition coefficient (Wildman–Crippen LogP) is 8.59. The van der Waals surface area contributed by atoms with Gasteiger partial charge in [0.1, 0.15) is 5.02 Å². The molecule has 4 rings (SSSR count). The first-order valence-electron chi connectivity index (χ1n) is 12.0. The Labute approximate surface area is 271 Å². The minimum Gasteiger partial charge on any atom is -0.490 e. The first-order chi connectivity index (χ1) is 20.3. The van der Waals surface area contributed by atoms with E-state index in [-0.39, 0.29) is 61.9 Å². The van der Waals surface area contributed by atoms with Gasteiger partial charge < -0.3 is 29.2 Å². The number of halogens is 10. The van der Waals surface area contributed by atoms with Crippen molar-refractivity contribution >= 4 is 79.2 Å². The lowest BCUT2D eigenvalue weighted by Gasteiger charge is -2.29. The van der Waals surface area contributed by atoms with E-state index in [2.05, 4.69) is 31.9 Å². The summed E-state index contributed by atoms with van der Waals surface area (Å²) in [5, 5.41) is 17.8. The Hall–Kier alpha value is -2.82. The van der Waals surface area contributed by atoms with Crippen molar-refractivity contribution in [2.45, 2.75) is 38.4 Å². The van der Waals surface area contributed by atoms with Crippen LogP contribution in [0.25, 0.3) is 12.2 Å². The normalized spacial score (nSPS) is 17.4. The molecule has 240 valence electrons. The van der Waals surface area contributed by atoms with Gasteiger partial charge in [0.25, 0.3) is 0 Å². The van der Waals surface area contributed by atoms with Gasteiger partial charge in [-0.15, -0.1) is 0 Å². The van der Waals surface area contributed by atoms with Crippen LogP contribution in [0.2, 0.25) is 10.0 Å². The molecular formula is C26H18Br2Cl2F6O8. The van der Waals surface area contributed by atoms with Crippen LogP contribution in [0.4, 0.5) is 26.3 Å². The largest absolute Gasteiger partial charge is 0.490 e. The first kappa shape index (κ1) is 35.7. The molecule has 0 radical (unpaired) electrons. The predicted molar refractivity (Wildman–Crippen MR) is 153 cm³/mol. The topological polar surface area (TPSA) is 112 Å². The van der Waals surface area contributed by atoms with Crippen LogP contribution >= 0.6 is 55.1 Å². The standard InChI is InChI=1S/C13H8BrCl2F3O4.C13H10BrF3O4/c1-2-22-10-8(16)6(14)7(15)4-3-5(12(20)21)11(13(17,18)19)23-9(4)10;1-2-20-9-5-7(14)3-6-4-8(12(18)19)11(13(15,16)17)21-10(6)9/h3,11H,2H2,1H3,(H,20,21);3-5,11H,2H2,1H3,(H,18,19). The highest BCUT2D eigenvalue weighted by molar-refractivity contribution is 9.10. The van der Waals surface area contributed by atoms with Crippen molar-refractivity contribution in [2.24, 2.45) is 0 Å². The number of aliphatic carboxylic acids is 2. The van der Waals surface area contributed by atoms with Crippen LogP contribution in [0.1, 0.15) is 25.0 Å². The second-order valence-corrected chi connectivity index (χ2v) is 11.1. The number of rotatable bonds is 6. The van der Waals surface area contributed by atoms with Gasteiger partial charge in [0.05, 0.1) is 33.9 Å². The summed E-state index contributed by atoms with van der Waals surface area (Å²) in [6.45, 7) is 3.62. The number of alkyl halides is 6. The third-order valence-electron chi connectivity index (χ3n) is 5.64. The summed E-state index contributed by atoms with van der Waals surface area (Å²) >= 11 is 18.3. The molecule has 0 spiro atoms. The number of fused-ring (bicyclic) bond motifs is 2. The Morgan fingerprint density at radius 3 is 1.82 bits per heavy atom. The number of carboxylic acid groups (broad SMARTS) is 2. The smallest absolute Gasteiger partial charge is 0.430 e. The van der Waals surface area contributed by atoms with Crippen LogP contribution < -0.4 is 18.9 Å². The lowest BCUT2D eigenvalue weighted by molar-refractivity contribution is -0.187. The Morgan fingerprint density at radius 1 is 0.841 bits per heavy atom. The van der Waals surface area contributed by atoms with E-state index in [0.29, 0.717) is 4.47 Å². The number of carboxylic acids is 2. The molecule has 0 aromatic heterocycles. The van der Waals surface area contributed by atoms with E-state index >= 15 is 0 Å². The molecule has 2 unspecified atom stereocenters. The molecule has 2 heterocycles. The number of ether oxygens (including phenoxy) is 4. The zero-order chi connectivity index (χ0) is 33.3. The Bertz CT molecular complexity index is 1540. The van der Waals surface area contributed by atoms with E-state index in [1.165, 1.54) is 12.1 Å². The summed E-state index contributed by atoms with van der Waals surface area (Å²) in [5.74, 6) is -3.93. The molecule has 8 nitrogen and oxygen atoms in total. The average Bonchev–Trinajstić information content (AvgIpc) is 2.92. The van der Waals surface area contributed by atoms with E-state index in [1.54, 1.807) is 13.8 Å². The highest BCUT2D eigenvalue weighted by Gasteiger charge is 2.50. The fourth-order valence-electron chi connectivity index (χ4n) is 3.91. The molecule has 2 aliphatic rings. The van der Waals surface area contributed by atoms with Crippen molar-refractivity contribution in [2.75, 3.05) is 13.2 Å². The molecule has 0 saturated carbocycles. The van der Waals surface area contributed by atoms with Crippen LogP contribution in [-0.4, -0.2) is 59.9 Å². The van der Waals surface area contributed by atoms with Gasteiger partial charge in [-0.25, -0.2) is 9.59 Å². The van der Waals surface area contributed by atoms with Crippen molar-refractivity contribution < 1.29 is 65.1 Å². The average molecular weight is 803 g/mol. The molecule has 2 atom stereocenters. The van der Waals surface area contributed by atoms with Crippen molar-refractivity contribution in [1.29, 1.82) is 0 Å². The van der Waals surface area contributed by atoms with Crippen molar-refractivity contribution in [3.05, 3.63) is 53.4 Å². The molecular weight excluding hydrogens is 785 g/mol. The molecule has 0 saturated heterocycles. The molecule has 2 N–H and O–H groups in total. The van der Waals surface area contributed by atoms with E-state index in [4.69, 9.17) is 52.4 Å². The highest BCUT2D eigenvalue weighted by Crippen LogP contribution is 2.52. The molecule has 0 fully saturated rings. The Balaban J connectivity index is 0.000000241. The molecule has 0 aliphatic carbocycles. The van der Waals surface area contributed by atoms with Gasteiger partial charge >= 0.3 is 24.3 Å². The van der Waals surface area contributed by atoms with Crippen molar-refractivity contribution in [1.82, 2.24) is 0 Å². The van der Waals surface area contributed by atoms with E-state index in [1.807, 2.05) is 0 Å². The maximum atomic E-state index is 13.1. The summed E-state index contributed by atoms with van der Waals surface area (Å²) < 4.78 is 99.1. The number of hydrogen-bond donors (Lipinski definition) is 2. The third-order valence-corrected chi connectivity index (χ3v) is 8.11. The van der Waals surface area contributed by atoms with E-state index in [0.717, 1.165) is 12.2 Å². The zero-order valence-corrected chi connectivity index (χ0v) is 26.7. The molecule has 2 aromatic carbocycles. The van der Waals surface area contributed by atoms with E-state index < -0.39 is 47.6 Å². The Morgan fingerprint density at radius 2 is 1.34 bits per heavy atom. The maximum Gasteiger partial charge on any atom is 0.430 e. The summed E-state index contributed by atoms with van der Waals surface area (Å²) in [7, 11) is 0. The fraction of sp³-hybridized carbons (Fsp3) is 0.308. The van der Waals surface area contributed by atoms with Gasteiger partial charge in [0, 0.05) is 15.6 Å². The first-order valence-corrected chi connectivity index (χ1v) is 14.3. The minimum absolute atomic E-state index is 0.0516. The molecule has 18 heteroatoms. The molecule has 0 amide bonds. The Kier molecular flexibility index (Phi) is 11.1. The maximum absolute atomic E-state index is 13.1. The van der Waals surface area contributed by atoms with E-state index in [9.17, 15) is 35.9 Å². The molecule has 44 heavy (non-hydrogen) atoms. The van der Waals surface area contributed by atoms with Gasteiger partial charge in [-0.3, -0.25) is 0 Å². The summed E-state index contributed by atoms with van der Waals surface area (Å²) in [6.07, 6.45) is -13.2. The van der Waals surface area contributed by atoms with Gasteiger partial charge in [-0.05, 0) is 54.1 Å². The third kappa shape index (κ3) is 7.51. The number of hydrogen-bond acceptors (Lipinski definition) is 6. The monoisotopic (exact) mass is 800 g/mol. The van der Waals surface area contributed by atoms with Gasteiger partial charge in [0.2, 0.25) is 12.2 Å². The number of carbonyl (C=O) groups is 2. The summed E-state index contributed by atoms with van der Waals surface area (Å²) in [6, 6.07) is 2.93. The molecule has 2 aromatic rings. The lowest BCUT2D eigenvalue weighted by Crippen LogP contribution is -2.40. The lowest BCUT2D eigenvalue weighted by atomic mass is 10.0. The zero-order valence-electron chi connectivity index (χ0n) is 22.0. The van der Waals surface area contributed by atoms with Crippen molar-refractivity contribution in [3.63, 3.8) is 0 Å². The fourth-order valence-corrected chi connectivity index (χ4v) is 5.28. The molecule has 0 bridgehead atoms. The summed E-state index contributed by atoms with van der Waals surface area (Å²) in [4.78, 5) is 22.2. The quantitative estimate of drug-likeness (QED) is 0.221. The second-order valence-electron chi connectivity index (χ2n) is 8.59. The van der Waals surface area contributed by atoms with Gasteiger partial charge in [0.15, 0.2) is 23.0 Å². The summed E-state index contributed by atoms with van der Waals surface area (Å²) in [5.41, 5.74) is -1.69. The van der Waals surface area contributed by atoms with Crippen LogP contribution in [0.5, 0.6) is 23.0 Å². The molecule has 2 aliphatic heterocycles. The SMILES string of the molecule is CCOc1c(Cl)c(Br)c(Cl)c2c1OC(C(F)(F)F)C(C(=O)O)=C2.CCOc1cc(Br)cc2c1OC(C(F)(F)F)C(C(=O)O)=C2. The van der Waals surface area contributed by atoms with Gasteiger partial charge in [-0.1, -0.05) is 39.1 Å². The van der Waals surface area contributed by atoms with Crippen LogP contribution in [0, 0.1) is 0 Å². The second kappa shape index (κ2) is 13.7. The van der Waals surface area contributed by atoms with Gasteiger partial charge in [-0.2, -0.15) is 26.3 Å².